The number of halogens is 1. The summed E-state index contributed by atoms with van der Waals surface area (Å²) in [6, 6.07) is 5.53. The fraction of sp³-hybridized carbons (Fsp3) is 0.781. The molecule has 2 saturated carbocycles. The first-order valence-corrected chi connectivity index (χ1v) is 15.2. The highest BCUT2D eigenvalue weighted by Crippen LogP contribution is 2.63. The quantitative estimate of drug-likeness (QED) is 0.290. The van der Waals surface area contributed by atoms with E-state index in [0.29, 0.717) is 24.7 Å². The van der Waals surface area contributed by atoms with E-state index in [9.17, 15) is 15.0 Å². The van der Waals surface area contributed by atoms with Gasteiger partial charge in [0.15, 0.2) is 0 Å². The Morgan fingerprint density at radius 2 is 1.81 bits per heavy atom. The van der Waals surface area contributed by atoms with E-state index in [1.54, 1.807) is 6.07 Å². The van der Waals surface area contributed by atoms with Gasteiger partial charge in [-0.15, -0.1) is 0 Å². The SMILES string of the molecule is CCCCCCN(CCCCC[C@@H]1Cc2cc(O)ccc2C2C1C1CC[C@H](O)[C@@]1(C)C[C@@H]2F)C(=O)CC. The fourth-order valence-electron chi connectivity index (χ4n) is 8.23. The molecule has 0 aromatic heterocycles. The molecule has 0 aliphatic heterocycles. The summed E-state index contributed by atoms with van der Waals surface area (Å²) in [7, 11) is 0. The third kappa shape index (κ3) is 6.02. The summed E-state index contributed by atoms with van der Waals surface area (Å²) in [6.45, 7) is 8.00. The predicted molar refractivity (Wildman–Crippen MR) is 147 cm³/mol. The number of phenolic OH excluding ortho intramolecular Hbond substituents is 1. The maximum absolute atomic E-state index is 15.9. The Morgan fingerprint density at radius 3 is 2.51 bits per heavy atom. The Hall–Kier alpha value is -1.62. The highest BCUT2D eigenvalue weighted by Gasteiger charge is 2.59. The maximum Gasteiger partial charge on any atom is 0.222 e. The monoisotopic (exact) mass is 515 g/mol. The van der Waals surface area contributed by atoms with Crippen LogP contribution in [-0.2, 0) is 11.2 Å². The van der Waals surface area contributed by atoms with Crippen LogP contribution in [0.15, 0.2) is 18.2 Å². The lowest BCUT2D eigenvalue weighted by Crippen LogP contribution is -2.51. The molecule has 3 aliphatic carbocycles. The molecule has 0 radical (unpaired) electrons. The Kier molecular flexibility index (Phi) is 9.58. The van der Waals surface area contributed by atoms with Crippen molar-refractivity contribution in [1.29, 1.82) is 0 Å². The second-order valence-electron chi connectivity index (χ2n) is 12.5. The average Bonchev–Trinajstić information content (AvgIpc) is 3.17. The van der Waals surface area contributed by atoms with Crippen LogP contribution < -0.4 is 0 Å². The van der Waals surface area contributed by atoms with Gasteiger partial charge in [0.05, 0.1) is 6.10 Å². The van der Waals surface area contributed by atoms with Gasteiger partial charge in [-0.2, -0.15) is 0 Å². The van der Waals surface area contributed by atoms with Gasteiger partial charge in [0.25, 0.3) is 0 Å². The number of aliphatic hydroxyl groups excluding tert-OH is 1. The number of carbonyl (C=O) groups is 1. The second kappa shape index (κ2) is 12.5. The number of aromatic hydroxyl groups is 1. The van der Waals surface area contributed by atoms with Crippen molar-refractivity contribution in [2.24, 2.45) is 23.2 Å². The van der Waals surface area contributed by atoms with Gasteiger partial charge in [-0.3, -0.25) is 4.79 Å². The maximum atomic E-state index is 15.9. The van der Waals surface area contributed by atoms with Gasteiger partial charge in [-0.05, 0) is 91.4 Å². The number of benzene rings is 1. The number of aliphatic hydroxyl groups is 1. The Balaban J connectivity index is 1.40. The van der Waals surface area contributed by atoms with Crippen LogP contribution in [0.4, 0.5) is 4.39 Å². The molecule has 3 aliphatic rings. The summed E-state index contributed by atoms with van der Waals surface area (Å²) >= 11 is 0. The van der Waals surface area contributed by atoms with Gasteiger partial charge in [0, 0.05) is 25.4 Å². The lowest BCUT2D eigenvalue weighted by atomic mass is 9.51. The summed E-state index contributed by atoms with van der Waals surface area (Å²) in [5.74, 6) is 1.38. The Bertz CT molecular complexity index is 906. The van der Waals surface area contributed by atoms with Crippen molar-refractivity contribution in [3.63, 3.8) is 0 Å². The molecule has 0 bridgehead atoms. The predicted octanol–water partition coefficient (Wildman–Crippen LogP) is 7.16. The van der Waals surface area contributed by atoms with E-state index in [0.717, 1.165) is 75.6 Å². The summed E-state index contributed by atoms with van der Waals surface area (Å²) in [5, 5.41) is 21.0. The van der Waals surface area contributed by atoms with E-state index >= 15 is 4.39 Å². The minimum atomic E-state index is -0.952. The van der Waals surface area contributed by atoms with Crippen molar-refractivity contribution in [3.8, 4) is 5.75 Å². The zero-order valence-corrected chi connectivity index (χ0v) is 23.4. The molecule has 0 spiro atoms. The minimum Gasteiger partial charge on any atom is -0.508 e. The topological polar surface area (TPSA) is 60.8 Å². The van der Waals surface area contributed by atoms with Gasteiger partial charge in [-0.1, -0.05) is 58.9 Å². The molecule has 37 heavy (non-hydrogen) atoms. The van der Waals surface area contributed by atoms with Gasteiger partial charge < -0.3 is 15.1 Å². The number of hydrogen-bond donors (Lipinski definition) is 2. The molecule has 5 heteroatoms. The van der Waals surface area contributed by atoms with Crippen LogP contribution in [0.3, 0.4) is 0 Å². The van der Waals surface area contributed by atoms with Crippen LogP contribution in [0.1, 0.15) is 115 Å². The number of carbonyl (C=O) groups excluding carboxylic acids is 1. The highest BCUT2D eigenvalue weighted by atomic mass is 19.1. The third-order valence-corrected chi connectivity index (χ3v) is 10.2. The number of hydrogen-bond acceptors (Lipinski definition) is 3. The van der Waals surface area contributed by atoms with Gasteiger partial charge >= 0.3 is 0 Å². The third-order valence-electron chi connectivity index (χ3n) is 10.2. The van der Waals surface area contributed by atoms with Crippen LogP contribution in [0.5, 0.6) is 5.75 Å². The number of fused-ring (bicyclic) bond motifs is 5. The van der Waals surface area contributed by atoms with Crippen LogP contribution >= 0.6 is 0 Å². The average molecular weight is 516 g/mol. The first-order valence-electron chi connectivity index (χ1n) is 15.2. The Morgan fingerprint density at radius 1 is 1.08 bits per heavy atom. The number of amides is 1. The van der Waals surface area contributed by atoms with E-state index in [4.69, 9.17) is 0 Å². The van der Waals surface area contributed by atoms with Crippen molar-refractivity contribution in [2.75, 3.05) is 13.1 Å². The minimum absolute atomic E-state index is 0.126. The molecule has 208 valence electrons. The summed E-state index contributed by atoms with van der Waals surface area (Å²) < 4.78 is 15.9. The molecule has 0 heterocycles. The molecule has 1 aromatic rings. The van der Waals surface area contributed by atoms with Crippen molar-refractivity contribution >= 4 is 5.91 Å². The number of nitrogens with zero attached hydrogens (tertiary/aromatic N) is 1. The van der Waals surface area contributed by atoms with Crippen molar-refractivity contribution in [3.05, 3.63) is 29.3 Å². The molecular formula is C32H50FNO3. The Labute approximate surface area is 224 Å². The van der Waals surface area contributed by atoms with E-state index in [2.05, 4.69) is 18.7 Å². The van der Waals surface area contributed by atoms with Crippen LogP contribution in [0, 0.1) is 23.2 Å². The molecule has 4 rings (SSSR count). The highest BCUT2D eigenvalue weighted by molar-refractivity contribution is 5.75. The molecule has 3 unspecified atom stereocenters. The van der Waals surface area contributed by atoms with Crippen molar-refractivity contribution < 1.29 is 19.4 Å². The molecule has 1 aromatic carbocycles. The van der Waals surface area contributed by atoms with Gasteiger partial charge in [0.1, 0.15) is 11.9 Å². The second-order valence-corrected chi connectivity index (χ2v) is 12.5. The molecular weight excluding hydrogens is 465 g/mol. The van der Waals surface area contributed by atoms with Gasteiger partial charge in [-0.25, -0.2) is 4.39 Å². The first-order chi connectivity index (χ1) is 17.8. The van der Waals surface area contributed by atoms with E-state index in [1.807, 2.05) is 19.1 Å². The zero-order valence-electron chi connectivity index (χ0n) is 23.4. The van der Waals surface area contributed by atoms with Gasteiger partial charge in [0.2, 0.25) is 5.91 Å². The number of phenols is 1. The van der Waals surface area contributed by atoms with Crippen LogP contribution in [0.25, 0.3) is 0 Å². The lowest BCUT2D eigenvalue weighted by Gasteiger charge is -2.54. The molecule has 2 N–H and O–H groups in total. The van der Waals surface area contributed by atoms with E-state index < -0.39 is 12.3 Å². The molecule has 1 amide bonds. The molecule has 4 nitrogen and oxygen atoms in total. The standard InChI is InChI=1S/C32H50FNO3/c1-4-6-7-10-17-34(29(37)5-2)18-11-8-9-12-22-19-23-20-24(35)13-14-25(23)31-27(33)21-32(3)26(30(22)31)15-16-28(32)36/h13-14,20,22,26-28,30-31,35-36H,4-12,15-19,21H2,1-3H3/t22-,26?,27+,28+,30?,31?,32+/m1/s1. The normalized spacial score (nSPS) is 32.5. The van der Waals surface area contributed by atoms with Crippen molar-refractivity contribution in [2.45, 2.75) is 122 Å². The first kappa shape index (κ1) is 28.4. The van der Waals surface area contributed by atoms with Crippen LogP contribution in [0.2, 0.25) is 0 Å². The van der Waals surface area contributed by atoms with Crippen LogP contribution in [-0.4, -0.2) is 46.4 Å². The lowest BCUT2D eigenvalue weighted by molar-refractivity contribution is -0.131. The number of rotatable bonds is 12. The van der Waals surface area contributed by atoms with Crippen molar-refractivity contribution in [1.82, 2.24) is 4.90 Å². The number of alkyl halides is 1. The molecule has 0 saturated heterocycles. The summed E-state index contributed by atoms with van der Waals surface area (Å²) in [5.41, 5.74) is 1.88. The molecule has 2 fully saturated rings. The zero-order chi connectivity index (χ0) is 26.6. The number of unbranched alkanes of at least 4 members (excludes halogenated alkanes) is 5. The largest absolute Gasteiger partial charge is 0.508 e. The van der Waals surface area contributed by atoms with E-state index in [-0.39, 0.29) is 28.9 Å². The smallest absolute Gasteiger partial charge is 0.222 e. The molecule has 7 atom stereocenters. The summed E-state index contributed by atoms with van der Waals surface area (Å²) in [4.78, 5) is 14.5. The van der Waals surface area contributed by atoms with E-state index in [1.165, 1.54) is 19.3 Å². The summed E-state index contributed by atoms with van der Waals surface area (Å²) in [6.07, 6.45) is 11.2. The fourth-order valence-corrected chi connectivity index (χ4v) is 8.23.